The Labute approximate surface area is 129 Å². The maximum Gasteiger partial charge on any atom is 0.0998 e. The highest BCUT2D eigenvalue weighted by Gasteiger charge is 2.13. The molecule has 0 aliphatic rings. The van der Waals surface area contributed by atoms with Gasteiger partial charge in [-0.15, -0.1) is 0 Å². The first kappa shape index (κ1) is 12.9. The fraction of sp³-hybridized carbons (Fsp3) is 0.0952. The zero-order valence-corrected chi connectivity index (χ0v) is 12.6. The second-order valence-corrected chi connectivity index (χ2v) is 5.80. The number of hydrogen-bond acceptors (Lipinski definition) is 1. The minimum Gasteiger partial charge on any atom is -0.192 e. The number of fused-ring (bicyclic) bond motifs is 4. The summed E-state index contributed by atoms with van der Waals surface area (Å²) < 4.78 is 0. The van der Waals surface area contributed by atoms with E-state index in [0.29, 0.717) is 0 Å². The zero-order chi connectivity index (χ0) is 15.3. The first-order chi connectivity index (χ1) is 10.7. The van der Waals surface area contributed by atoms with Gasteiger partial charge in [0.1, 0.15) is 0 Å². The van der Waals surface area contributed by atoms with Gasteiger partial charge in [-0.05, 0) is 58.0 Å². The van der Waals surface area contributed by atoms with Crippen LogP contribution in [0.1, 0.15) is 16.7 Å². The summed E-state index contributed by atoms with van der Waals surface area (Å²) >= 11 is 0. The SMILES string of the molecule is Cc1c2ccccc2c(C)c2c1cc(C#N)c1ccccc12. The van der Waals surface area contributed by atoms with Crippen LogP contribution in [0.4, 0.5) is 0 Å². The lowest BCUT2D eigenvalue weighted by atomic mass is 9.88. The lowest BCUT2D eigenvalue weighted by Crippen LogP contribution is -1.91. The Morgan fingerprint density at radius 1 is 0.682 bits per heavy atom. The molecule has 0 aromatic heterocycles. The largest absolute Gasteiger partial charge is 0.192 e. The van der Waals surface area contributed by atoms with E-state index in [1.165, 1.54) is 38.1 Å². The Kier molecular flexibility index (Phi) is 2.68. The second kappa shape index (κ2) is 4.58. The number of nitriles is 1. The molecule has 22 heavy (non-hydrogen) atoms. The van der Waals surface area contributed by atoms with Crippen LogP contribution >= 0.6 is 0 Å². The maximum atomic E-state index is 9.52. The Balaban J connectivity index is 2.41. The van der Waals surface area contributed by atoms with Crippen molar-refractivity contribution in [1.82, 2.24) is 0 Å². The minimum absolute atomic E-state index is 0.751. The summed E-state index contributed by atoms with van der Waals surface area (Å²) in [5.41, 5.74) is 3.29. The van der Waals surface area contributed by atoms with E-state index in [9.17, 15) is 5.26 Å². The first-order valence-corrected chi connectivity index (χ1v) is 7.46. The normalized spacial score (nSPS) is 11.1. The number of hydrogen-bond donors (Lipinski definition) is 0. The molecule has 0 aliphatic heterocycles. The zero-order valence-electron chi connectivity index (χ0n) is 12.6. The summed E-state index contributed by atoms with van der Waals surface area (Å²) in [7, 11) is 0. The van der Waals surface area contributed by atoms with E-state index in [1.807, 2.05) is 24.3 Å². The van der Waals surface area contributed by atoms with Gasteiger partial charge >= 0.3 is 0 Å². The molecule has 0 atom stereocenters. The highest BCUT2D eigenvalue weighted by atomic mass is 14.3. The van der Waals surface area contributed by atoms with E-state index in [1.54, 1.807) is 0 Å². The Morgan fingerprint density at radius 2 is 1.23 bits per heavy atom. The molecule has 4 rings (SSSR count). The molecule has 4 aromatic rings. The van der Waals surface area contributed by atoms with Gasteiger partial charge in [-0.2, -0.15) is 5.26 Å². The molecule has 1 nitrogen and oxygen atoms in total. The number of benzene rings is 4. The molecule has 0 aliphatic carbocycles. The van der Waals surface area contributed by atoms with Gasteiger partial charge in [0.15, 0.2) is 0 Å². The highest BCUT2D eigenvalue weighted by Crippen LogP contribution is 2.37. The summed E-state index contributed by atoms with van der Waals surface area (Å²) in [5, 5.41) is 16.7. The van der Waals surface area contributed by atoms with Crippen molar-refractivity contribution >= 4 is 32.3 Å². The molecule has 104 valence electrons. The Bertz CT molecular complexity index is 1100. The van der Waals surface area contributed by atoms with E-state index in [-0.39, 0.29) is 0 Å². The lowest BCUT2D eigenvalue weighted by Gasteiger charge is -2.15. The fourth-order valence-electron chi connectivity index (χ4n) is 3.58. The predicted octanol–water partition coefficient (Wildman–Crippen LogP) is 5.63. The molecule has 1 heteroatoms. The fourth-order valence-corrected chi connectivity index (χ4v) is 3.58. The summed E-state index contributed by atoms with van der Waals surface area (Å²) in [6.07, 6.45) is 0. The number of nitrogens with zero attached hydrogens (tertiary/aromatic N) is 1. The molecule has 0 amide bonds. The van der Waals surface area contributed by atoms with Crippen molar-refractivity contribution in [3.8, 4) is 6.07 Å². The molecule has 0 unspecified atom stereocenters. The van der Waals surface area contributed by atoms with Crippen LogP contribution in [0.25, 0.3) is 32.3 Å². The van der Waals surface area contributed by atoms with E-state index in [4.69, 9.17) is 0 Å². The monoisotopic (exact) mass is 281 g/mol. The van der Waals surface area contributed by atoms with Gasteiger partial charge in [0.2, 0.25) is 0 Å². The lowest BCUT2D eigenvalue weighted by molar-refractivity contribution is 1.50. The highest BCUT2D eigenvalue weighted by molar-refractivity contribution is 6.17. The van der Waals surface area contributed by atoms with Crippen LogP contribution in [0.5, 0.6) is 0 Å². The van der Waals surface area contributed by atoms with Gasteiger partial charge in [0, 0.05) is 5.39 Å². The maximum absolute atomic E-state index is 9.52. The topological polar surface area (TPSA) is 23.8 Å². The Morgan fingerprint density at radius 3 is 1.86 bits per heavy atom. The molecule has 0 N–H and O–H groups in total. The molecule has 0 bridgehead atoms. The molecule has 4 aromatic carbocycles. The average Bonchev–Trinajstić information content (AvgIpc) is 2.58. The van der Waals surface area contributed by atoms with Crippen LogP contribution in [0.3, 0.4) is 0 Å². The van der Waals surface area contributed by atoms with Gasteiger partial charge in [0.25, 0.3) is 0 Å². The van der Waals surface area contributed by atoms with Crippen LogP contribution in [-0.2, 0) is 0 Å². The van der Waals surface area contributed by atoms with Gasteiger partial charge < -0.3 is 0 Å². The number of rotatable bonds is 0. The van der Waals surface area contributed by atoms with Gasteiger partial charge in [-0.1, -0.05) is 48.5 Å². The molecular weight excluding hydrogens is 266 g/mol. The summed E-state index contributed by atoms with van der Waals surface area (Å²) in [6.45, 7) is 4.34. The summed E-state index contributed by atoms with van der Waals surface area (Å²) in [6, 6.07) is 21.1. The molecular formula is C21H15N. The average molecular weight is 281 g/mol. The van der Waals surface area contributed by atoms with Crippen molar-refractivity contribution in [3.05, 3.63) is 71.3 Å². The third kappa shape index (κ3) is 1.58. The molecule has 0 heterocycles. The van der Waals surface area contributed by atoms with Crippen molar-refractivity contribution in [2.24, 2.45) is 0 Å². The van der Waals surface area contributed by atoms with Gasteiger partial charge in [-0.25, -0.2) is 0 Å². The smallest absolute Gasteiger partial charge is 0.0998 e. The van der Waals surface area contributed by atoms with Crippen LogP contribution < -0.4 is 0 Å². The quantitative estimate of drug-likeness (QED) is 0.302. The molecule has 0 saturated heterocycles. The van der Waals surface area contributed by atoms with Gasteiger partial charge in [-0.3, -0.25) is 0 Å². The third-order valence-corrected chi connectivity index (χ3v) is 4.68. The van der Waals surface area contributed by atoms with Crippen molar-refractivity contribution in [3.63, 3.8) is 0 Å². The van der Waals surface area contributed by atoms with Crippen LogP contribution in [0, 0.1) is 25.2 Å². The predicted molar refractivity (Wildman–Crippen MR) is 93.1 cm³/mol. The molecule has 0 fully saturated rings. The van der Waals surface area contributed by atoms with Crippen molar-refractivity contribution in [2.45, 2.75) is 13.8 Å². The molecule has 0 spiro atoms. The molecule has 0 radical (unpaired) electrons. The van der Waals surface area contributed by atoms with Crippen LogP contribution in [0.15, 0.2) is 54.6 Å². The minimum atomic E-state index is 0.751. The van der Waals surface area contributed by atoms with Crippen LogP contribution in [-0.4, -0.2) is 0 Å². The van der Waals surface area contributed by atoms with Crippen LogP contribution in [0.2, 0.25) is 0 Å². The van der Waals surface area contributed by atoms with Gasteiger partial charge in [0.05, 0.1) is 11.6 Å². The first-order valence-electron chi connectivity index (χ1n) is 7.46. The third-order valence-electron chi connectivity index (χ3n) is 4.68. The van der Waals surface area contributed by atoms with Crippen molar-refractivity contribution in [2.75, 3.05) is 0 Å². The van der Waals surface area contributed by atoms with E-state index >= 15 is 0 Å². The van der Waals surface area contributed by atoms with Crippen molar-refractivity contribution in [1.29, 1.82) is 5.26 Å². The second-order valence-electron chi connectivity index (χ2n) is 5.80. The van der Waals surface area contributed by atoms with E-state index < -0.39 is 0 Å². The molecule has 0 saturated carbocycles. The standard InChI is InChI=1S/C21H15N/c1-13-16-7-3-4-8-17(16)14(2)21-19-10-6-5-9-18(19)15(12-22)11-20(13)21/h3-11H,1-2H3. The Hall–Kier alpha value is -2.85. The number of aryl methyl sites for hydroxylation is 2. The summed E-state index contributed by atoms with van der Waals surface area (Å²) in [5.74, 6) is 0. The van der Waals surface area contributed by atoms with E-state index in [2.05, 4.69) is 50.2 Å². The summed E-state index contributed by atoms with van der Waals surface area (Å²) in [4.78, 5) is 0. The van der Waals surface area contributed by atoms with Crippen molar-refractivity contribution < 1.29 is 0 Å². The van der Waals surface area contributed by atoms with E-state index in [0.717, 1.165) is 10.9 Å².